The minimum Gasteiger partial charge on any atom is -0.0651 e. The lowest BCUT2D eigenvalue weighted by molar-refractivity contribution is 0.273. The van der Waals surface area contributed by atoms with E-state index in [1.807, 2.05) is 0 Å². The molecule has 0 spiro atoms. The van der Waals surface area contributed by atoms with Gasteiger partial charge < -0.3 is 0 Å². The van der Waals surface area contributed by atoms with Crippen molar-refractivity contribution in [1.82, 2.24) is 0 Å². The lowest BCUT2D eigenvalue weighted by Crippen LogP contribution is -2.11. The highest BCUT2D eigenvalue weighted by Gasteiger charge is 2.19. The second kappa shape index (κ2) is 26.0. The van der Waals surface area contributed by atoms with Crippen LogP contribution in [0.1, 0.15) is 245 Å². The van der Waals surface area contributed by atoms with Crippen molar-refractivity contribution in [3.63, 3.8) is 0 Å². The summed E-state index contributed by atoms with van der Waals surface area (Å²) in [5.74, 6) is 6.64. The van der Waals surface area contributed by atoms with E-state index in [1.165, 1.54) is 154 Å². The minimum absolute atomic E-state index is 1.09. The molecule has 0 aromatic heterocycles. The van der Waals surface area contributed by atoms with Crippen LogP contribution in [-0.2, 0) is 0 Å². The highest BCUT2D eigenvalue weighted by molar-refractivity contribution is 4.72. The molecule has 260 valence electrons. The van der Waals surface area contributed by atoms with Gasteiger partial charge in [0.1, 0.15) is 0 Å². The van der Waals surface area contributed by atoms with Crippen LogP contribution >= 0.6 is 0 Å². The van der Waals surface area contributed by atoms with E-state index in [9.17, 15) is 0 Å². The van der Waals surface area contributed by atoms with Crippen molar-refractivity contribution in [2.45, 2.75) is 245 Å². The summed E-state index contributed by atoms with van der Waals surface area (Å²) in [6.07, 6.45) is 54.7. The molecule has 0 N–H and O–H groups in total. The van der Waals surface area contributed by atoms with Gasteiger partial charge in [-0.25, -0.2) is 0 Å². The van der Waals surface area contributed by atoms with Crippen LogP contribution in [0.25, 0.3) is 0 Å². The predicted molar refractivity (Wildman–Crippen MR) is 198 cm³/mol. The Balaban J connectivity index is 0.000000166. The van der Waals surface area contributed by atoms with Gasteiger partial charge in [0.25, 0.3) is 0 Å². The van der Waals surface area contributed by atoms with Crippen LogP contribution in [0.5, 0.6) is 0 Å². The third kappa shape index (κ3) is 18.4. The maximum Gasteiger partial charge on any atom is -0.0414 e. The number of hydrogen-bond acceptors (Lipinski definition) is 0. The van der Waals surface area contributed by atoms with Crippen molar-refractivity contribution in [1.29, 1.82) is 0 Å². The van der Waals surface area contributed by atoms with Crippen molar-refractivity contribution in [3.05, 3.63) is 0 Å². The van der Waals surface area contributed by atoms with Crippen LogP contribution in [0.4, 0.5) is 0 Å². The third-order valence-electron chi connectivity index (χ3n) is 13.5. The second-order valence-electron chi connectivity index (χ2n) is 17.0. The SMILES string of the molecule is C1CCC(CCC2CCCCC2)CC1.C1CCC(CCC2CCCCC2)CC1.CCC1CCCCC1.CCC1CCCCC1. The maximum absolute atomic E-state index is 2.32. The van der Waals surface area contributed by atoms with Gasteiger partial charge in [-0.1, -0.05) is 245 Å². The van der Waals surface area contributed by atoms with E-state index in [-0.39, 0.29) is 0 Å². The molecule has 0 heteroatoms. The molecule has 0 heterocycles. The van der Waals surface area contributed by atoms with Crippen molar-refractivity contribution in [2.24, 2.45) is 35.5 Å². The molecule has 0 radical (unpaired) electrons. The zero-order valence-corrected chi connectivity index (χ0v) is 30.9. The van der Waals surface area contributed by atoms with E-state index >= 15 is 0 Å². The first kappa shape index (κ1) is 38.4. The molecule has 6 rings (SSSR count). The van der Waals surface area contributed by atoms with Gasteiger partial charge in [0.05, 0.1) is 0 Å². The molecule has 6 aliphatic rings. The van der Waals surface area contributed by atoms with Gasteiger partial charge in [0, 0.05) is 0 Å². The molecule has 6 aliphatic carbocycles. The Morgan fingerprint density at radius 1 is 0.227 bits per heavy atom. The quantitative estimate of drug-likeness (QED) is 0.256. The summed E-state index contributed by atoms with van der Waals surface area (Å²) in [4.78, 5) is 0. The van der Waals surface area contributed by atoms with Crippen LogP contribution in [0, 0.1) is 35.5 Å². The molecule has 6 fully saturated rings. The minimum atomic E-state index is 1.09. The molecule has 44 heavy (non-hydrogen) atoms. The molecule has 0 unspecified atom stereocenters. The Labute approximate surface area is 279 Å². The molecule has 0 amide bonds. The molecule has 0 atom stereocenters. The second-order valence-corrected chi connectivity index (χ2v) is 17.0. The van der Waals surface area contributed by atoms with Gasteiger partial charge in [0.2, 0.25) is 0 Å². The van der Waals surface area contributed by atoms with E-state index in [2.05, 4.69) is 13.8 Å². The topological polar surface area (TPSA) is 0 Å². The van der Waals surface area contributed by atoms with Gasteiger partial charge in [-0.3, -0.25) is 0 Å². The van der Waals surface area contributed by atoms with Gasteiger partial charge >= 0.3 is 0 Å². The van der Waals surface area contributed by atoms with E-state index in [4.69, 9.17) is 0 Å². The molecule has 0 aromatic carbocycles. The molecular formula is C44H84. The average Bonchev–Trinajstić information content (AvgIpc) is 3.13. The number of hydrogen-bond donors (Lipinski definition) is 0. The Bertz CT molecular complexity index is 496. The smallest absolute Gasteiger partial charge is 0.0414 e. The predicted octanol–water partition coefficient (Wildman–Crippen LogP) is 15.8. The summed E-state index contributed by atoms with van der Waals surface area (Å²) in [5.41, 5.74) is 0. The highest BCUT2D eigenvalue weighted by atomic mass is 14.2. The standard InChI is InChI=1S/2C14H26.2C8H16/c2*1-3-7-13(8-4-1)11-12-14-9-5-2-6-10-14;2*1-2-8-6-4-3-5-7-8/h2*13-14H,1-12H2;2*8H,2-7H2,1H3. The summed E-state index contributed by atoms with van der Waals surface area (Å²) < 4.78 is 0. The summed E-state index contributed by atoms with van der Waals surface area (Å²) >= 11 is 0. The molecule has 0 aliphatic heterocycles. The Kier molecular flexibility index (Phi) is 22.7. The monoisotopic (exact) mass is 613 g/mol. The maximum atomic E-state index is 2.32. The van der Waals surface area contributed by atoms with Crippen LogP contribution < -0.4 is 0 Å². The first-order valence-electron chi connectivity index (χ1n) is 21.8. The van der Waals surface area contributed by atoms with Crippen LogP contribution in [0.2, 0.25) is 0 Å². The Hall–Kier alpha value is 0. The normalized spacial score (nSPS) is 25.5. The summed E-state index contributed by atoms with van der Waals surface area (Å²) in [7, 11) is 0. The van der Waals surface area contributed by atoms with Gasteiger partial charge in [-0.15, -0.1) is 0 Å². The van der Waals surface area contributed by atoms with E-state index in [1.54, 1.807) is 77.0 Å². The molecule has 6 saturated carbocycles. The summed E-state index contributed by atoms with van der Waals surface area (Å²) in [5, 5.41) is 0. The summed E-state index contributed by atoms with van der Waals surface area (Å²) in [6, 6.07) is 0. The van der Waals surface area contributed by atoms with E-state index < -0.39 is 0 Å². The molecule has 0 saturated heterocycles. The van der Waals surface area contributed by atoms with Crippen molar-refractivity contribution < 1.29 is 0 Å². The number of rotatable bonds is 8. The van der Waals surface area contributed by atoms with Gasteiger partial charge in [-0.2, -0.15) is 0 Å². The fourth-order valence-electron chi connectivity index (χ4n) is 10.0. The third-order valence-corrected chi connectivity index (χ3v) is 13.5. The lowest BCUT2D eigenvalue weighted by Gasteiger charge is -2.26. The van der Waals surface area contributed by atoms with Gasteiger partial charge in [0.15, 0.2) is 0 Å². The average molecular weight is 613 g/mol. The largest absolute Gasteiger partial charge is 0.0651 e. The first-order valence-corrected chi connectivity index (χ1v) is 21.8. The van der Waals surface area contributed by atoms with Crippen LogP contribution in [0.3, 0.4) is 0 Å². The molecule has 0 nitrogen and oxygen atoms in total. The fourth-order valence-corrected chi connectivity index (χ4v) is 10.0. The Morgan fingerprint density at radius 3 is 0.523 bits per heavy atom. The lowest BCUT2D eigenvalue weighted by atomic mass is 9.80. The van der Waals surface area contributed by atoms with Crippen molar-refractivity contribution in [2.75, 3.05) is 0 Å². The molecular weight excluding hydrogens is 528 g/mol. The van der Waals surface area contributed by atoms with Crippen LogP contribution in [-0.4, -0.2) is 0 Å². The van der Waals surface area contributed by atoms with Crippen molar-refractivity contribution >= 4 is 0 Å². The van der Waals surface area contributed by atoms with E-state index in [0.717, 1.165) is 35.5 Å². The highest BCUT2D eigenvalue weighted by Crippen LogP contribution is 2.34. The Morgan fingerprint density at radius 2 is 0.386 bits per heavy atom. The summed E-state index contributed by atoms with van der Waals surface area (Å²) in [6.45, 7) is 4.63. The van der Waals surface area contributed by atoms with Gasteiger partial charge in [-0.05, 0) is 35.5 Å². The van der Waals surface area contributed by atoms with Crippen molar-refractivity contribution in [3.8, 4) is 0 Å². The zero-order chi connectivity index (χ0) is 30.9. The van der Waals surface area contributed by atoms with Crippen LogP contribution in [0.15, 0.2) is 0 Å². The fraction of sp³-hybridized carbons (Fsp3) is 1.00. The molecule has 0 bridgehead atoms. The van der Waals surface area contributed by atoms with E-state index in [0.29, 0.717) is 0 Å². The molecule has 0 aromatic rings. The first-order chi connectivity index (χ1) is 21.8. The zero-order valence-electron chi connectivity index (χ0n) is 30.9.